The quantitative estimate of drug-likeness (QED) is 0.622. The summed E-state index contributed by atoms with van der Waals surface area (Å²) in [4.78, 5) is 23.8. The van der Waals surface area contributed by atoms with Crippen molar-refractivity contribution in [2.45, 2.75) is 32.1 Å². The van der Waals surface area contributed by atoms with Crippen molar-refractivity contribution < 1.29 is 9.59 Å². The van der Waals surface area contributed by atoms with Gasteiger partial charge < -0.3 is 0 Å². The van der Waals surface area contributed by atoms with Crippen LogP contribution in [0.1, 0.15) is 30.4 Å². The van der Waals surface area contributed by atoms with Crippen LogP contribution in [0.2, 0.25) is 10.0 Å². The number of Topliss-reactive ketones (excluding diaryl/α,β-unsaturated/α-hetero) is 2. The maximum atomic E-state index is 11.9. The van der Waals surface area contributed by atoms with Gasteiger partial charge >= 0.3 is 0 Å². The largest absolute Gasteiger partial charge is 0.299 e. The smallest absolute Gasteiger partial charge is 0.140 e. The number of ketones is 2. The van der Waals surface area contributed by atoms with Gasteiger partial charge in [-0.05, 0) is 48.2 Å². The van der Waals surface area contributed by atoms with E-state index in [0.29, 0.717) is 35.7 Å². The molecule has 2 rings (SSSR count). The van der Waals surface area contributed by atoms with Crippen LogP contribution < -0.4 is 0 Å². The number of aryl methyl sites for hydroxylation is 2. The first-order valence-electron chi connectivity index (χ1n) is 7.55. The lowest BCUT2D eigenvalue weighted by Gasteiger charge is -2.03. The molecule has 0 bridgehead atoms. The summed E-state index contributed by atoms with van der Waals surface area (Å²) in [5.74, 6) is -0.0258. The van der Waals surface area contributed by atoms with Gasteiger partial charge in [0.05, 0.1) is 6.42 Å². The van der Waals surface area contributed by atoms with Crippen LogP contribution in [-0.4, -0.2) is 11.6 Å². The van der Waals surface area contributed by atoms with Gasteiger partial charge in [-0.2, -0.15) is 0 Å². The molecule has 4 heteroatoms. The van der Waals surface area contributed by atoms with Gasteiger partial charge in [-0.15, -0.1) is 0 Å². The van der Waals surface area contributed by atoms with Crippen molar-refractivity contribution in [3.63, 3.8) is 0 Å². The van der Waals surface area contributed by atoms with Crippen LogP contribution in [0, 0.1) is 0 Å². The van der Waals surface area contributed by atoms with Gasteiger partial charge in [-0.3, -0.25) is 9.59 Å². The predicted octanol–water partition coefficient (Wildman–Crippen LogP) is 5.09. The fourth-order valence-corrected chi connectivity index (χ4v) is 2.52. The summed E-state index contributed by atoms with van der Waals surface area (Å²) >= 11 is 11.6. The molecule has 120 valence electrons. The monoisotopic (exact) mass is 348 g/mol. The summed E-state index contributed by atoms with van der Waals surface area (Å²) in [5, 5.41) is 1.36. The molecular weight excluding hydrogens is 331 g/mol. The molecule has 2 aromatic carbocycles. The van der Waals surface area contributed by atoms with Crippen LogP contribution in [0.15, 0.2) is 48.5 Å². The van der Waals surface area contributed by atoms with Crippen molar-refractivity contribution in [2.75, 3.05) is 0 Å². The Morgan fingerprint density at radius 3 is 1.35 bits per heavy atom. The van der Waals surface area contributed by atoms with E-state index >= 15 is 0 Å². The standard InChI is InChI=1S/C19H18Cl2O2/c20-16-7-1-14(2-8-16)5-11-18(22)13-19(23)12-6-15-3-9-17(21)10-4-15/h1-4,7-10H,5-6,11-13H2. The molecule has 23 heavy (non-hydrogen) atoms. The van der Waals surface area contributed by atoms with Crippen molar-refractivity contribution >= 4 is 34.8 Å². The minimum absolute atomic E-state index is 0.0129. The van der Waals surface area contributed by atoms with E-state index in [1.807, 2.05) is 24.3 Å². The van der Waals surface area contributed by atoms with Crippen LogP contribution >= 0.6 is 23.2 Å². The van der Waals surface area contributed by atoms with E-state index in [4.69, 9.17) is 23.2 Å². The van der Waals surface area contributed by atoms with Crippen molar-refractivity contribution in [3.05, 3.63) is 69.7 Å². The highest BCUT2D eigenvalue weighted by molar-refractivity contribution is 6.30. The fraction of sp³-hybridized carbons (Fsp3) is 0.263. The number of carbonyl (C=O) groups is 2. The highest BCUT2D eigenvalue weighted by atomic mass is 35.5. The first kappa shape index (κ1) is 17.7. The zero-order chi connectivity index (χ0) is 16.7. The first-order valence-corrected chi connectivity index (χ1v) is 8.31. The van der Waals surface area contributed by atoms with Gasteiger partial charge in [0.1, 0.15) is 11.6 Å². The number of halogens is 2. The number of hydrogen-bond donors (Lipinski definition) is 0. The second kappa shape index (κ2) is 8.85. The summed E-state index contributed by atoms with van der Waals surface area (Å²) in [6.07, 6.45) is 2.06. The summed E-state index contributed by atoms with van der Waals surface area (Å²) in [6, 6.07) is 14.8. The van der Waals surface area contributed by atoms with E-state index in [0.717, 1.165) is 11.1 Å². The molecule has 0 atom stereocenters. The summed E-state index contributed by atoms with van der Waals surface area (Å²) in [5.41, 5.74) is 2.10. The van der Waals surface area contributed by atoms with E-state index in [1.165, 1.54) is 0 Å². The average Bonchev–Trinajstić information content (AvgIpc) is 2.54. The first-order chi connectivity index (χ1) is 11.0. The second-order valence-corrected chi connectivity index (χ2v) is 6.38. The minimum atomic E-state index is -0.0129. The normalized spacial score (nSPS) is 10.5. The Balaban J connectivity index is 1.70. The zero-order valence-electron chi connectivity index (χ0n) is 12.7. The molecule has 0 aliphatic carbocycles. The van der Waals surface area contributed by atoms with E-state index in [2.05, 4.69) is 0 Å². The molecule has 0 radical (unpaired) electrons. The molecule has 0 spiro atoms. The topological polar surface area (TPSA) is 34.1 Å². The molecule has 0 heterocycles. The summed E-state index contributed by atoms with van der Waals surface area (Å²) in [6.45, 7) is 0. The van der Waals surface area contributed by atoms with Crippen LogP contribution in [0.5, 0.6) is 0 Å². The number of benzene rings is 2. The number of carbonyl (C=O) groups excluding carboxylic acids is 2. The Bertz CT molecular complexity index is 601. The zero-order valence-corrected chi connectivity index (χ0v) is 14.2. The van der Waals surface area contributed by atoms with E-state index < -0.39 is 0 Å². The molecule has 0 amide bonds. The van der Waals surface area contributed by atoms with Crippen LogP contribution in [0.25, 0.3) is 0 Å². The molecule has 2 aromatic rings. The SMILES string of the molecule is O=C(CCc1ccc(Cl)cc1)CC(=O)CCc1ccc(Cl)cc1. The molecule has 0 N–H and O–H groups in total. The van der Waals surface area contributed by atoms with Gasteiger partial charge in [-0.25, -0.2) is 0 Å². The van der Waals surface area contributed by atoms with Crippen LogP contribution in [-0.2, 0) is 22.4 Å². The molecule has 0 fully saturated rings. The Hall–Kier alpha value is -1.64. The van der Waals surface area contributed by atoms with Crippen LogP contribution in [0.3, 0.4) is 0 Å². The summed E-state index contributed by atoms with van der Waals surface area (Å²) < 4.78 is 0. The van der Waals surface area contributed by atoms with Crippen molar-refractivity contribution in [1.82, 2.24) is 0 Å². The molecule has 0 aromatic heterocycles. The fourth-order valence-electron chi connectivity index (χ4n) is 2.27. The van der Waals surface area contributed by atoms with E-state index in [1.54, 1.807) is 24.3 Å². The van der Waals surface area contributed by atoms with Gasteiger partial charge in [0, 0.05) is 22.9 Å². The molecule has 2 nitrogen and oxygen atoms in total. The second-order valence-electron chi connectivity index (χ2n) is 5.51. The number of hydrogen-bond acceptors (Lipinski definition) is 2. The lowest BCUT2D eigenvalue weighted by molar-refractivity contribution is -0.126. The van der Waals surface area contributed by atoms with Crippen molar-refractivity contribution in [3.8, 4) is 0 Å². The van der Waals surface area contributed by atoms with E-state index in [9.17, 15) is 9.59 Å². The highest BCUT2D eigenvalue weighted by Gasteiger charge is 2.10. The van der Waals surface area contributed by atoms with Gasteiger partial charge in [0.15, 0.2) is 0 Å². The average molecular weight is 349 g/mol. The lowest BCUT2D eigenvalue weighted by Crippen LogP contribution is -2.09. The third-order valence-electron chi connectivity index (χ3n) is 3.61. The molecule has 0 aliphatic rings. The number of rotatable bonds is 8. The Labute approximate surface area is 146 Å². The van der Waals surface area contributed by atoms with Crippen molar-refractivity contribution in [2.24, 2.45) is 0 Å². The molecule has 0 saturated heterocycles. The highest BCUT2D eigenvalue weighted by Crippen LogP contribution is 2.13. The lowest BCUT2D eigenvalue weighted by atomic mass is 10.0. The molecule has 0 unspecified atom stereocenters. The molecule has 0 saturated carbocycles. The van der Waals surface area contributed by atoms with Gasteiger partial charge in [-0.1, -0.05) is 47.5 Å². The summed E-state index contributed by atoms with van der Waals surface area (Å²) in [7, 11) is 0. The third kappa shape index (κ3) is 6.55. The Morgan fingerprint density at radius 2 is 1.00 bits per heavy atom. The predicted molar refractivity (Wildman–Crippen MR) is 94.2 cm³/mol. The maximum Gasteiger partial charge on any atom is 0.140 e. The van der Waals surface area contributed by atoms with Gasteiger partial charge in [0.2, 0.25) is 0 Å². The Morgan fingerprint density at radius 1 is 0.652 bits per heavy atom. The maximum absolute atomic E-state index is 11.9. The Kier molecular flexibility index (Phi) is 6.82. The minimum Gasteiger partial charge on any atom is -0.299 e. The van der Waals surface area contributed by atoms with Gasteiger partial charge in [0.25, 0.3) is 0 Å². The van der Waals surface area contributed by atoms with Crippen molar-refractivity contribution in [1.29, 1.82) is 0 Å². The molecule has 0 aliphatic heterocycles. The third-order valence-corrected chi connectivity index (χ3v) is 4.11. The van der Waals surface area contributed by atoms with Crippen LogP contribution in [0.4, 0.5) is 0 Å². The van der Waals surface area contributed by atoms with E-state index in [-0.39, 0.29) is 18.0 Å². The molecular formula is C19H18Cl2O2.